The van der Waals surface area contributed by atoms with Gasteiger partial charge in [0.1, 0.15) is 6.04 Å². The summed E-state index contributed by atoms with van der Waals surface area (Å²) in [7, 11) is 0. The summed E-state index contributed by atoms with van der Waals surface area (Å²) in [5.41, 5.74) is 2.87. The number of likely N-dealkylation sites (N-methyl/N-ethyl adjacent to an activating group) is 1. The molecule has 2 amide bonds. The molecule has 5 fully saturated rings. The van der Waals surface area contributed by atoms with Gasteiger partial charge in [-0.3, -0.25) is 9.59 Å². The molecule has 6 rings (SSSR count). The largest absolute Gasteiger partial charge is 0.369 e. The molecular weight excluding hydrogens is 436 g/mol. The molecule has 1 aromatic carbocycles. The number of benzene rings is 1. The number of nitrogens with zero attached hydrogens (tertiary/aromatic N) is 2. The van der Waals surface area contributed by atoms with Crippen LogP contribution in [-0.4, -0.2) is 55.5 Å². The highest BCUT2D eigenvalue weighted by molar-refractivity contribution is 5.98. The Labute approximate surface area is 211 Å². The van der Waals surface area contributed by atoms with Crippen LogP contribution in [-0.2, 0) is 9.59 Å². The number of amides is 2. The monoisotopic (exact) mass is 480 g/mol. The number of carbonyl (C=O) groups excluding carboxylic acids is 2. The number of carbonyl (C=O) groups is 2. The number of nitrogens with one attached hydrogen (secondary N) is 2. The van der Waals surface area contributed by atoms with Gasteiger partial charge in [0.2, 0.25) is 11.8 Å². The Morgan fingerprint density at radius 1 is 1.00 bits per heavy atom. The Balaban J connectivity index is 1.23. The number of anilines is 2. The summed E-state index contributed by atoms with van der Waals surface area (Å²) in [6, 6.07) is 5.79. The molecule has 4 aliphatic carbocycles. The van der Waals surface area contributed by atoms with Crippen molar-refractivity contribution < 1.29 is 9.59 Å². The Morgan fingerprint density at radius 2 is 1.60 bits per heavy atom. The second-order valence-corrected chi connectivity index (χ2v) is 12.3. The van der Waals surface area contributed by atoms with E-state index in [1.54, 1.807) is 0 Å². The zero-order chi connectivity index (χ0) is 24.7. The average molecular weight is 481 g/mol. The first-order valence-corrected chi connectivity index (χ1v) is 14.0. The van der Waals surface area contributed by atoms with E-state index in [0.717, 1.165) is 63.2 Å². The molecular formula is C29H44N4O2. The third-order valence-electron chi connectivity index (χ3n) is 9.41. The second-order valence-electron chi connectivity index (χ2n) is 12.3. The van der Waals surface area contributed by atoms with Crippen LogP contribution in [0.15, 0.2) is 18.2 Å². The van der Waals surface area contributed by atoms with Crippen molar-refractivity contribution in [1.82, 2.24) is 10.2 Å². The first kappa shape index (κ1) is 24.6. The summed E-state index contributed by atoms with van der Waals surface area (Å²) in [6.45, 7) is 13.7. The molecule has 0 aromatic heterocycles. The standard InChI is InChI=1S/C29H44N4O2/c1-5-32-8-10-33(11-9-32)24-6-7-25(20(4)12-24)30-27(34)26(19(2)3)31-28(35)29-16-21-13-22(17-29)15-23(14-21)18-29/h6-7,12,19,21-23,26H,5,8-11,13-18H2,1-4H3,(H,30,34)(H,31,35). The van der Waals surface area contributed by atoms with Gasteiger partial charge in [0.25, 0.3) is 0 Å². The van der Waals surface area contributed by atoms with E-state index in [0.29, 0.717) is 17.8 Å². The number of hydrogen-bond donors (Lipinski definition) is 2. The lowest BCUT2D eigenvalue weighted by Crippen LogP contribution is -2.57. The van der Waals surface area contributed by atoms with Crippen LogP contribution in [0.25, 0.3) is 0 Å². The van der Waals surface area contributed by atoms with E-state index in [9.17, 15) is 9.59 Å². The normalized spacial score (nSPS) is 31.0. The van der Waals surface area contributed by atoms with Gasteiger partial charge < -0.3 is 20.4 Å². The molecule has 1 saturated heterocycles. The fourth-order valence-electron chi connectivity index (χ4n) is 7.74. The van der Waals surface area contributed by atoms with E-state index in [1.165, 1.54) is 24.9 Å². The fraction of sp³-hybridized carbons (Fsp3) is 0.724. The van der Waals surface area contributed by atoms with Crippen molar-refractivity contribution >= 4 is 23.2 Å². The lowest BCUT2D eigenvalue weighted by molar-refractivity contribution is -0.148. The molecule has 1 aliphatic heterocycles. The molecule has 4 saturated carbocycles. The third-order valence-corrected chi connectivity index (χ3v) is 9.41. The van der Waals surface area contributed by atoms with Crippen molar-refractivity contribution in [3.63, 3.8) is 0 Å². The molecule has 35 heavy (non-hydrogen) atoms. The molecule has 0 spiro atoms. The molecule has 1 aromatic rings. The third kappa shape index (κ3) is 4.96. The molecule has 6 heteroatoms. The van der Waals surface area contributed by atoms with E-state index in [-0.39, 0.29) is 23.1 Å². The molecule has 1 unspecified atom stereocenters. The zero-order valence-electron chi connectivity index (χ0n) is 22.1. The summed E-state index contributed by atoms with van der Waals surface area (Å²) in [5.74, 6) is 2.19. The maximum atomic E-state index is 13.6. The van der Waals surface area contributed by atoms with E-state index in [2.05, 4.69) is 46.4 Å². The van der Waals surface area contributed by atoms with Crippen LogP contribution in [0, 0.1) is 36.0 Å². The van der Waals surface area contributed by atoms with Crippen LogP contribution in [0.3, 0.4) is 0 Å². The molecule has 1 atom stereocenters. The topological polar surface area (TPSA) is 64.7 Å². The fourth-order valence-corrected chi connectivity index (χ4v) is 7.74. The van der Waals surface area contributed by atoms with Crippen molar-refractivity contribution in [3.05, 3.63) is 23.8 Å². The SMILES string of the molecule is CCN1CCN(c2ccc(NC(=O)C(NC(=O)C34CC5CC(CC(C5)C3)C4)C(C)C)c(C)c2)CC1. The summed E-state index contributed by atoms with van der Waals surface area (Å²) in [6.07, 6.45) is 6.98. The van der Waals surface area contributed by atoms with E-state index in [4.69, 9.17) is 0 Å². The minimum Gasteiger partial charge on any atom is -0.369 e. The van der Waals surface area contributed by atoms with Crippen molar-refractivity contribution in [2.45, 2.75) is 72.3 Å². The molecule has 6 nitrogen and oxygen atoms in total. The molecule has 4 bridgehead atoms. The Bertz CT molecular complexity index is 915. The van der Waals surface area contributed by atoms with Gasteiger partial charge in [-0.05, 0) is 99.4 Å². The number of hydrogen-bond acceptors (Lipinski definition) is 4. The van der Waals surface area contributed by atoms with Gasteiger partial charge in [-0.2, -0.15) is 0 Å². The van der Waals surface area contributed by atoms with E-state index >= 15 is 0 Å². The Kier molecular flexibility index (Phi) is 6.86. The molecule has 1 heterocycles. The van der Waals surface area contributed by atoms with Gasteiger partial charge in [-0.15, -0.1) is 0 Å². The van der Waals surface area contributed by atoms with Gasteiger partial charge in [0, 0.05) is 43.0 Å². The lowest BCUT2D eigenvalue weighted by atomic mass is 9.49. The van der Waals surface area contributed by atoms with E-state index in [1.807, 2.05) is 19.9 Å². The molecule has 2 N–H and O–H groups in total. The summed E-state index contributed by atoms with van der Waals surface area (Å²) in [5, 5.41) is 6.36. The van der Waals surface area contributed by atoms with E-state index < -0.39 is 6.04 Å². The summed E-state index contributed by atoms with van der Waals surface area (Å²) >= 11 is 0. The van der Waals surface area contributed by atoms with Crippen molar-refractivity contribution in [2.75, 3.05) is 42.9 Å². The lowest BCUT2D eigenvalue weighted by Gasteiger charge is -2.55. The van der Waals surface area contributed by atoms with Gasteiger partial charge in [-0.25, -0.2) is 0 Å². The van der Waals surface area contributed by atoms with Crippen molar-refractivity contribution in [2.24, 2.45) is 29.1 Å². The van der Waals surface area contributed by atoms with Crippen LogP contribution >= 0.6 is 0 Å². The van der Waals surface area contributed by atoms with Gasteiger partial charge in [0.05, 0.1) is 0 Å². The molecule has 0 radical (unpaired) electrons. The van der Waals surface area contributed by atoms with Crippen LogP contribution in [0.5, 0.6) is 0 Å². The number of piperazine rings is 1. The minimum absolute atomic E-state index is 0.0299. The first-order chi connectivity index (χ1) is 16.8. The number of rotatable bonds is 7. The number of aryl methyl sites for hydroxylation is 1. The van der Waals surface area contributed by atoms with Gasteiger partial charge in [0.15, 0.2) is 0 Å². The summed E-state index contributed by atoms with van der Waals surface area (Å²) in [4.78, 5) is 31.9. The van der Waals surface area contributed by atoms with Crippen LogP contribution < -0.4 is 15.5 Å². The highest BCUT2D eigenvalue weighted by atomic mass is 16.2. The zero-order valence-corrected chi connectivity index (χ0v) is 22.1. The van der Waals surface area contributed by atoms with Crippen LogP contribution in [0.1, 0.15) is 64.9 Å². The van der Waals surface area contributed by atoms with Gasteiger partial charge in [-0.1, -0.05) is 20.8 Å². The average Bonchev–Trinajstić information content (AvgIpc) is 2.82. The maximum Gasteiger partial charge on any atom is 0.247 e. The van der Waals surface area contributed by atoms with Crippen molar-refractivity contribution in [3.8, 4) is 0 Å². The highest BCUT2D eigenvalue weighted by Gasteiger charge is 2.55. The smallest absolute Gasteiger partial charge is 0.247 e. The summed E-state index contributed by atoms with van der Waals surface area (Å²) < 4.78 is 0. The quantitative estimate of drug-likeness (QED) is 0.606. The molecule has 5 aliphatic rings. The second kappa shape index (κ2) is 9.76. The van der Waals surface area contributed by atoms with Gasteiger partial charge >= 0.3 is 0 Å². The highest BCUT2D eigenvalue weighted by Crippen LogP contribution is 2.60. The predicted octanol–water partition coefficient (Wildman–Crippen LogP) is 4.43. The minimum atomic E-state index is -0.517. The maximum absolute atomic E-state index is 13.6. The predicted molar refractivity (Wildman–Crippen MR) is 142 cm³/mol. The van der Waals surface area contributed by atoms with Crippen LogP contribution in [0.2, 0.25) is 0 Å². The molecule has 192 valence electrons. The van der Waals surface area contributed by atoms with Crippen molar-refractivity contribution in [1.29, 1.82) is 0 Å². The van der Waals surface area contributed by atoms with Crippen LogP contribution in [0.4, 0.5) is 11.4 Å². The first-order valence-electron chi connectivity index (χ1n) is 14.0. The Hall–Kier alpha value is -2.08. The Morgan fingerprint density at radius 3 is 2.11 bits per heavy atom.